The van der Waals surface area contributed by atoms with Gasteiger partial charge in [0, 0.05) is 13.1 Å². The second-order valence-corrected chi connectivity index (χ2v) is 2.99. The minimum Gasteiger partial charge on any atom is -0.486 e. The smallest absolute Gasteiger partial charge is 0.296 e. The summed E-state index contributed by atoms with van der Waals surface area (Å²) in [5.74, 6) is 0.953. The normalized spacial score (nSPS) is 13.4. The summed E-state index contributed by atoms with van der Waals surface area (Å²) in [6, 6.07) is 2.95. The van der Waals surface area contributed by atoms with E-state index in [1.54, 1.807) is 13.1 Å². The maximum absolute atomic E-state index is 10.7. The molecule has 0 amide bonds. The van der Waals surface area contributed by atoms with Gasteiger partial charge in [-0.1, -0.05) is 0 Å². The van der Waals surface area contributed by atoms with Gasteiger partial charge in [0.25, 0.3) is 5.69 Å². The first-order valence-electron chi connectivity index (χ1n) is 4.49. The van der Waals surface area contributed by atoms with E-state index in [2.05, 4.69) is 5.32 Å². The number of nitro groups is 1. The fourth-order valence-corrected chi connectivity index (χ4v) is 1.50. The van der Waals surface area contributed by atoms with E-state index in [1.165, 1.54) is 6.07 Å². The summed E-state index contributed by atoms with van der Waals surface area (Å²) in [4.78, 5) is 10.3. The van der Waals surface area contributed by atoms with Crippen LogP contribution >= 0.6 is 0 Å². The van der Waals surface area contributed by atoms with Crippen molar-refractivity contribution in [3.05, 3.63) is 22.2 Å². The Morgan fingerprint density at radius 2 is 2.13 bits per heavy atom. The molecule has 0 fully saturated rings. The minimum atomic E-state index is -0.454. The Hall–Kier alpha value is -1.98. The van der Waals surface area contributed by atoms with Crippen molar-refractivity contribution in [2.75, 3.05) is 25.6 Å². The molecule has 1 N–H and O–H groups in total. The van der Waals surface area contributed by atoms with Crippen LogP contribution in [0.1, 0.15) is 0 Å². The van der Waals surface area contributed by atoms with Crippen LogP contribution in [0.25, 0.3) is 0 Å². The number of hydrogen-bond acceptors (Lipinski definition) is 5. The molecule has 1 aromatic carbocycles. The summed E-state index contributed by atoms with van der Waals surface area (Å²) in [7, 11) is 1.61. The number of anilines is 1. The van der Waals surface area contributed by atoms with E-state index in [-0.39, 0.29) is 5.69 Å². The molecular weight excluding hydrogens is 200 g/mol. The number of nitro benzene ring substituents is 1. The highest BCUT2D eigenvalue weighted by Crippen LogP contribution is 2.42. The van der Waals surface area contributed by atoms with Crippen LogP contribution in [0.3, 0.4) is 0 Å². The zero-order valence-corrected chi connectivity index (χ0v) is 8.15. The molecule has 0 spiro atoms. The molecule has 6 nitrogen and oxygen atoms in total. The van der Waals surface area contributed by atoms with Gasteiger partial charge in [0.05, 0.1) is 4.92 Å². The SMILES string of the molecule is CNc1c([N+](=O)[O-])ccc2c1OCCO2. The van der Waals surface area contributed by atoms with Gasteiger partial charge in [0.1, 0.15) is 13.2 Å². The lowest BCUT2D eigenvalue weighted by atomic mass is 10.2. The second kappa shape index (κ2) is 3.64. The highest BCUT2D eigenvalue weighted by atomic mass is 16.6. The van der Waals surface area contributed by atoms with Crippen LogP contribution in [-0.4, -0.2) is 25.2 Å². The van der Waals surface area contributed by atoms with Crippen molar-refractivity contribution in [1.29, 1.82) is 0 Å². The van der Waals surface area contributed by atoms with E-state index in [4.69, 9.17) is 9.47 Å². The second-order valence-electron chi connectivity index (χ2n) is 2.99. The molecule has 0 saturated heterocycles. The van der Waals surface area contributed by atoms with E-state index in [9.17, 15) is 10.1 Å². The summed E-state index contributed by atoms with van der Waals surface area (Å²) in [5, 5.41) is 13.5. The number of ether oxygens (including phenoxy) is 2. The number of nitrogens with one attached hydrogen (secondary N) is 1. The molecular formula is C9H10N2O4. The molecule has 2 rings (SSSR count). The molecule has 0 aromatic heterocycles. The average molecular weight is 210 g/mol. The summed E-state index contributed by atoms with van der Waals surface area (Å²) in [6.45, 7) is 0.872. The van der Waals surface area contributed by atoms with Crippen molar-refractivity contribution in [1.82, 2.24) is 0 Å². The first-order chi connectivity index (χ1) is 7.24. The quantitative estimate of drug-likeness (QED) is 0.590. The summed E-state index contributed by atoms with van der Waals surface area (Å²) in [5.41, 5.74) is 0.346. The van der Waals surface area contributed by atoms with Gasteiger partial charge < -0.3 is 14.8 Å². The van der Waals surface area contributed by atoms with Gasteiger partial charge in [-0.2, -0.15) is 0 Å². The molecule has 1 aromatic rings. The lowest BCUT2D eigenvalue weighted by molar-refractivity contribution is -0.384. The van der Waals surface area contributed by atoms with Gasteiger partial charge in [-0.25, -0.2) is 0 Å². The summed E-state index contributed by atoms with van der Waals surface area (Å²) < 4.78 is 10.7. The van der Waals surface area contributed by atoms with Crippen molar-refractivity contribution in [2.45, 2.75) is 0 Å². The monoisotopic (exact) mass is 210 g/mol. The molecule has 0 atom stereocenters. The number of fused-ring (bicyclic) bond motifs is 1. The molecule has 1 heterocycles. The Labute approximate surface area is 86.0 Å². The predicted octanol–water partition coefficient (Wildman–Crippen LogP) is 1.41. The predicted molar refractivity (Wildman–Crippen MR) is 53.6 cm³/mol. The minimum absolute atomic E-state index is 0.0123. The largest absolute Gasteiger partial charge is 0.486 e. The topological polar surface area (TPSA) is 73.6 Å². The fraction of sp³-hybridized carbons (Fsp3) is 0.333. The molecule has 1 aliphatic heterocycles. The van der Waals surface area contributed by atoms with Crippen molar-refractivity contribution < 1.29 is 14.4 Å². The zero-order chi connectivity index (χ0) is 10.8. The number of hydrogen-bond donors (Lipinski definition) is 1. The third-order valence-corrected chi connectivity index (χ3v) is 2.13. The van der Waals surface area contributed by atoms with Crippen LogP contribution in [0.15, 0.2) is 12.1 Å². The molecule has 0 unspecified atom stereocenters. The van der Waals surface area contributed by atoms with Gasteiger partial charge >= 0.3 is 0 Å². The third kappa shape index (κ3) is 1.54. The molecule has 0 aliphatic carbocycles. The molecule has 0 radical (unpaired) electrons. The molecule has 0 saturated carbocycles. The molecule has 0 bridgehead atoms. The molecule has 6 heteroatoms. The maximum atomic E-state index is 10.7. The Kier molecular flexibility index (Phi) is 2.32. The van der Waals surface area contributed by atoms with E-state index in [0.717, 1.165) is 0 Å². The average Bonchev–Trinajstić information content (AvgIpc) is 2.27. The van der Waals surface area contributed by atoms with Gasteiger partial charge in [-0.3, -0.25) is 10.1 Å². The van der Waals surface area contributed by atoms with Crippen LogP contribution < -0.4 is 14.8 Å². The zero-order valence-electron chi connectivity index (χ0n) is 8.15. The number of nitrogens with zero attached hydrogens (tertiary/aromatic N) is 1. The third-order valence-electron chi connectivity index (χ3n) is 2.13. The Morgan fingerprint density at radius 3 is 2.80 bits per heavy atom. The lowest BCUT2D eigenvalue weighted by Gasteiger charge is -2.20. The summed E-state index contributed by atoms with van der Waals surface area (Å²) >= 11 is 0. The van der Waals surface area contributed by atoms with E-state index < -0.39 is 4.92 Å². The van der Waals surface area contributed by atoms with Gasteiger partial charge in [0.15, 0.2) is 17.2 Å². The number of rotatable bonds is 2. The van der Waals surface area contributed by atoms with Gasteiger partial charge in [-0.15, -0.1) is 0 Å². The Balaban J connectivity index is 2.56. The van der Waals surface area contributed by atoms with Crippen LogP contribution in [0, 0.1) is 10.1 Å². The van der Waals surface area contributed by atoms with Crippen molar-refractivity contribution in [2.24, 2.45) is 0 Å². The maximum Gasteiger partial charge on any atom is 0.296 e. The molecule has 80 valence electrons. The van der Waals surface area contributed by atoms with E-state index >= 15 is 0 Å². The highest BCUT2D eigenvalue weighted by molar-refractivity contribution is 5.74. The lowest BCUT2D eigenvalue weighted by Crippen LogP contribution is -2.16. The summed E-state index contributed by atoms with van der Waals surface area (Å²) in [6.07, 6.45) is 0. The van der Waals surface area contributed by atoms with Gasteiger partial charge in [0.2, 0.25) is 0 Å². The molecule has 1 aliphatic rings. The Bertz CT molecular complexity index is 405. The molecule has 15 heavy (non-hydrogen) atoms. The van der Waals surface area contributed by atoms with Gasteiger partial charge in [-0.05, 0) is 6.07 Å². The van der Waals surface area contributed by atoms with Crippen LogP contribution in [-0.2, 0) is 0 Å². The first kappa shape index (κ1) is 9.57. The van der Waals surface area contributed by atoms with Crippen LogP contribution in [0.4, 0.5) is 11.4 Å². The first-order valence-corrected chi connectivity index (χ1v) is 4.49. The Morgan fingerprint density at radius 1 is 1.40 bits per heavy atom. The highest BCUT2D eigenvalue weighted by Gasteiger charge is 2.24. The van der Waals surface area contributed by atoms with Crippen LogP contribution in [0.2, 0.25) is 0 Å². The van der Waals surface area contributed by atoms with E-state index in [0.29, 0.717) is 30.4 Å². The van der Waals surface area contributed by atoms with Crippen LogP contribution in [0.5, 0.6) is 11.5 Å². The van der Waals surface area contributed by atoms with Crippen molar-refractivity contribution in [3.63, 3.8) is 0 Å². The standard InChI is InChI=1S/C9H10N2O4/c1-10-8-6(11(12)13)2-3-7-9(8)15-5-4-14-7/h2-3,10H,4-5H2,1H3. The fourth-order valence-electron chi connectivity index (χ4n) is 1.50. The van der Waals surface area contributed by atoms with E-state index in [1.807, 2.05) is 0 Å². The van der Waals surface area contributed by atoms with Crippen molar-refractivity contribution in [3.8, 4) is 11.5 Å². The van der Waals surface area contributed by atoms with Crippen molar-refractivity contribution >= 4 is 11.4 Å². The number of benzene rings is 1.